The highest BCUT2D eigenvalue weighted by Crippen LogP contribution is 2.27. The van der Waals surface area contributed by atoms with Crippen molar-refractivity contribution in [3.63, 3.8) is 0 Å². The standard InChI is InChI=1S/C16H11ClN2O2/c17-13-9-10(5-6-11(13)16(20)21)19-15-7-8-18-14-4-2-1-3-12(14)15/h1-9H,(H,18,19)(H,20,21). The third-order valence-corrected chi connectivity index (χ3v) is 3.44. The molecule has 0 bridgehead atoms. The molecule has 0 fully saturated rings. The minimum absolute atomic E-state index is 0.0850. The summed E-state index contributed by atoms with van der Waals surface area (Å²) in [5, 5.41) is 13.4. The zero-order valence-corrected chi connectivity index (χ0v) is 11.6. The summed E-state index contributed by atoms with van der Waals surface area (Å²) in [4.78, 5) is 15.2. The molecule has 0 aliphatic heterocycles. The number of fused-ring (bicyclic) bond motifs is 1. The van der Waals surface area contributed by atoms with Crippen LogP contribution in [0.4, 0.5) is 11.4 Å². The molecule has 2 N–H and O–H groups in total. The molecule has 1 heterocycles. The zero-order valence-electron chi connectivity index (χ0n) is 10.9. The minimum Gasteiger partial charge on any atom is -0.478 e. The number of para-hydroxylation sites is 1. The van der Waals surface area contributed by atoms with Crippen molar-refractivity contribution in [3.8, 4) is 0 Å². The monoisotopic (exact) mass is 298 g/mol. The van der Waals surface area contributed by atoms with E-state index in [1.807, 2.05) is 30.3 Å². The second-order valence-corrected chi connectivity index (χ2v) is 4.91. The van der Waals surface area contributed by atoms with Crippen molar-refractivity contribution in [1.82, 2.24) is 4.98 Å². The van der Waals surface area contributed by atoms with E-state index in [2.05, 4.69) is 10.3 Å². The number of rotatable bonds is 3. The summed E-state index contributed by atoms with van der Waals surface area (Å²) in [5.74, 6) is -1.04. The molecule has 1 aromatic heterocycles. The molecule has 0 radical (unpaired) electrons. The van der Waals surface area contributed by atoms with Crippen LogP contribution in [0.2, 0.25) is 5.02 Å². The number of pyridine rings is 1. The number of benzene rings is 2. The molecule has 2 aromatic carbocycles. The Balaban J connectivity index is 1.99. The Kier molecular flexibility index (Phi) is 3.46. The van der Waals surface area contributed by atoms with Crippen LogP contribution in [0.5, 0.6) is 0 Å². The Morgan fingerprint density at radius 3 is 2.71 bits per heavy atom. The predicted molar refractivity (Wildman–Crippen MR) is 83.4 cm³/mol. The summed E-state index contributed by atoms with van der Waals surface area (Å²) in [6.07, 6.45) is 1.72. The fourth-order valence-corrected chi connectivity index (χ4v) is 2.39. The Bertz CT molecular complexity index is 828. The third-order valence-electron chi connectivity index (χ3n) is 3.13. The predicted octanol–water partition coefficient (Wildman–Crippen LogP) is 4.33. The molecule has 0 amide bonds. The second-order valence-electron chi connectivity index (χ2n) is 4.50. The molecule has 0 aliphatic rings. The molecule has 5 heteroatoms. The topological polar surface area (TPSA) is 62.2 Å². The number of hydrogen-bond donors (Lipinski definition) is 2. The second kappa shape index (κ2) is 5.42. The van der Waals surface area contributed by atoms with Crippen molar-refractivity contribution in [2.24, 2.45) is 0 Å². The van der Waals surface area contributed by atoms with E-state index in [1.165, 1.54) is 6.07 Å². The molecule has 0 unspecified atom stereocenters. The van der Waals surface area contributed by atoms with Gasteiger partial charge in [0.15, 0.2) is 0 Å². The highest BCUT2D eigenvalue weighted by Gasteiger charge is 2.09. The summed E-state index contributed by atoms with van der Waals surface area (Å²) < 4.78 is 0. The smallest absolute Gasteiger partial charge is 0.337 e. The highest BCUT2D eigenvalue weighted by atomic mass is 35.5. The lowest BCUT2D eigenvalue weighted by Gasteiger charge is -2.10. The van der Waals surface area contributed by atoms with Gasteiger partial charge in [-0.15, -0.1) is 0 Å². The van der Waals surface area contributed by atoms with Crippen LogP contribution in [0.15, 0.2) is 54.7 Å². The number of anilines is 2. The SMILES string of the molecule is O=C(O)c1ccc(Nc2ccnc3ccccc23)cc1Cl. The van der Waals surface area contributed by atoms with Crippen LogP contribution in [0.3, 0.4) is 0 Å². The van der Waals surface area contributed by atoms with Crippen molar-refractivity contribution in [2.75, 3.05) is 5.32 Å². The van der Waals surface area contributed by atoms with E-state index in [-0.39, 0.29) is 10.6 Å². The van der Waals surface area contributed by atoms with Crippen LogP contribution < -0.4 is 5.32 Å². The number of nitrogens with one attached hydrogen (secondary N) is 1. The van der Waals surface area contributed by atoms with Gasteiger partial charge < -0.3 is 10.4 Å². The van der Waals surface area contributed by atoms with Crippen molar-refractivity contribution in [1.29, 1.82) is 0 Å². The van der Waals surface area contributed by atoms with Gasteiger partial charge in [-0.2, -0.15) is 0 Å². The molecule has 4 nitrogen and oxygen atoms in total. The van der Waals surface area contributed by atoms with E-state index in [0.717, 1.165) is 22.3 Å². The first-order chi connectivity index (χ1) is 10.1. The Hall–Kier alpha value is -2.59. The molecule has 3 aromatic rings. The Labute approximate surface area is 126 Å². The van der Waals surface area contributed by atoms with Crippen molar-refractivity contribution in [3.05, 3.63) is 65.3 Å². The first-order valence-electron chi connectivity index (χ1n) is 6.29. The molecule has 0 spiro atoms. The number of aromatic nitrogens is 1. The fraction of sp³-hybridized carbons (Fsp3) is 0. The van der Waals surface area contributed by atoms with Gasteiger partial charge in [-0.1, -0.05) is 29.8 Å². The zero-order chi connectivity index (χ0) is 14.8. The van der Waals surface area contributed by atoms with Crippen LogP contribution in [-0.4, -0.2) is 16.1 Å². The lowest BCUT2D eigenvalue weighted by molar-refractivity contribution is 0.0697. The number of aromatic carboxylic acids is 1. The molecular formula is C16H11ClN2O2. The summed E-state index contributed by atoms with van der Waals surface area (Å²) in [5.41, 5.74) is 2.58. The maximum absolute atomic E-state index is 11.0. The summed E-state index contributed by atoms with van der Waals surface area (Å²) in [6.45, 7) is 0. The molecule has 0 atom stereocenters. The first-order valence-corrected chi connectivity index (χ1v) is 6.66. The maximum Gasteiger partial charge on any atom is 0.337 e. The summed E-state index contributed by atoms with van der Waals surface area (Å²) in [6, 6.07) is 14.4. The number of carboxylic acids is 1. The highest BCUT2D eigenvalue weighted by molar-refractivity contribution is 6.33. The molecule has 0 saturated heterocycles. The van der Waals surface area contributed by atoms with Crippen molar-refractivity contribution >= 4 is 39.8 Å². The molecule has 3 rings (SSSR count). The normalized spacial score (nSPS) is 10.5. The van der Waals surface area contributed by atoms with E-state index in [9.17, 15) is 4.79 Å². The number of carbonyl (C=O) groups is 1. The molecular weight excluding hydrogens is 288 g/mol. The van der Waals surface area contributed by atoms with E-state index < -0.39 is 5.97 Å². The summed E-state index contributed by atoms with van der Waals surface area (Å²) in [7, 11) is 0. The van der Waals surface area contributed by atoms with Gasteiger partial charge in [0.1, 0.15) is 0 Å². The average molecular weight is 299 g/mol. The lowest BCUT2D eigenvalue weighted by atomic mass is 10.1. The molecule has 21 heavy (non-hydrogen) atoms. The van der Waals surface area contributed by atoms with Crippen molar-refractivity contribution < 1.29 is 9.90 Å². The summed E-state index contributed by atoms with van der Waals surface area (Å²) >= 11 is 5.98. The van der Waals surface area contributed by atoms with Gasteiger partial charge in [0.25, 0.3) is 0 Å². The van der Waals surface area contributed by atoms with Crippen LogP contribution in [0.25, 0.3) is 10.9 Å². The van der Waals surface area contributed by atoms with Crippen LogP contribution >= 0.6 is 11.6 Å². The largest absolute Gasteiger partial charge is 0.478 e. The minimum atomic E-state index is -1.04. The van der Waals surface area contributed by atoms with Gasteiger partial charge in [-0.25, -0.2) is 4.79 Å². The van der Waals surface area contributed by atoms with Gasteiger partial charge in [0, 0.05) is 23.0 Å². The number of halogens is 1. The first kappa shape index (κ1) is 13.4. The molecule has 0 saturated carbocycles. The third kappa shape index (κ3) is 2.66. The Morgan fingerprint density at radius 1 is 1.14 bits per heavy atom. The quantitative estimate of drug-likeness (QED) is 0.755. The van der Waals surface area contributed by atoms with E-state index in [1.54, 1.807) is 18.3 Å². The van der Waals surface area contributed by atoms with E-state index in [0.29, 0.717) is 0 Å². The van der Waals surface area contributed by atoms with E-state index in [4.69, 9.17) is 16.7 Å². The van der Waals surface area contributed by atoms with Gasteiger partial charge in [-0.05, 0) is 30.3 Å². The van der Waals surface area contributed by atoms with Crippen LogP contribution in [0.1, 0.15) is 10.4 Å². The molecule has 0 aliphatic carbocycles. The van der Waals surface area contributed by atoms with Gasteiger partial charge in [0.2, 0.25) is 0 Å². The number of nitrogens with zero attached hydrogens (tertiary/aromatic N) is 1. The maximum atomic E-state index is 11.0. The molecule has 104 valence electrons. The lowest BCUT2D eigenvalue weighted by Crippen LogP contribution is -1.98. The number of carboxylic acid groups (broad SMARTS) is 1. The average Bonchev–Trinajstić information content (AvgIpc) is 2.47. The fourth-order valence-electron chi connectivity index (χ4n) is 2.13. The van der Waals surface area contributed by atoms with Gasteiger partial charge >= 0.3 is 5.97 Å². The Morgan fingerprint density at radius 2 is 1.95 bits per heavy atom. The van der Waals surface area contributed by atoms with E-state index >= 15 is 0 Å². The van der Waals surface area contributed by atoms with Crippen LogP contribution in [-0.2, 0) is 0 Å². The van der Waals surface area contributed by atoms with Crippen LogP contribution in [0, 0.1) is 0 Å². The van der Waals surface area contributed by atoms with Crippen molar-refractivity contribution in [2.45, 2.75) is 0 Å². The van der Waals surface area contributed by atoms with Gasteiger partial charge in [0.05, 0.1) is 16.1 Å². The number of hydrogen-bond acceptors (Lipinski definition) is 3. The van der Waals surface area contributed by atoms with Gasteiger partial charge in [-0.3, -0.25) is 4.98 Å².